The third-order valence-electron chi connectivity index (χ3n) is 4.13. The Morgan fingerprint density at radius 3 is 2.95 bits per heavy atom. The molecule has 0 aliphatic carbocycles. The first-order valence-corrected chi connectivity index (χ1v) is 7.69. The molecular weight excluding hydrogens is 262 g/mol. The Balaban J connectivity index is 1.53. The highest BCUT2D eigenvalue weighted by atomic mass is 16.5. The van der Waals surface area contributed by atoms with Crippen LogP contribution in [0.1, 0.15) is 24.6 Å². The zero-order chi connectivity index (χ0) is 14.5. The molecule has 0 N–H and O–H groups in total. The van der Waals surface area contributed by atoms with Crippen LogP contribution in [0.15, 0.2) is 42.7 Å². The molecule has 4 heteroatoms. The number of ether oxygens (including phenoxy) is 1. The number of para-hydroxylation sites is 1. The van der Waals surface area contributed by atoms with E-state index in [1.54, 1.807) is 0 Å². The number of rotatable bonds is 6. The first-order chi connectivity index (χ1) is 10.3. The number of hydrogen-bond acceptors (Lipinski definition) is 3. The van der Waals surface area contributed by atoms with E-state index in [0.29, 0.717) is 5.92 Å². The van der Waals surface area contributed by atoms with Crippen molar-refractivity contribution in [1.82, 2.24) is 9.55 Å². The van der Waals surface area contributed by atoms with Crippen LogP contribution in [-0.2, 0) is 11.3 Å². The van der Waals surface area contributed by atoms with Crippen LogP contribution in [0, 0.1) is 0 Å². The summed E-state index contributed by atoms with van der Waals surface area (Å²) in [5, 5.41) is 0. The molecule has 4 nitrogen and oxygen atoms in total. The molecule has 0 amide bonds. The SMILES string of the molecule is CN(CCCn1ccnc1[C@@H]1CCOC1)c1ccccc1. The van der Waals surface area contributed by atoms with Gasteiger partial charge in [-0.05, 0) is 25.0 Å². The van der Waals surface area contributed by atoms with E-state index in [-0.39, 0.29) is 0 Å². The topological polar surface area (TPSA) is 30.3 Å². The fourth-order valence-corrected chi connectivity index (χ4v) is 2.90. The van der Waals surface area contributed by atoms with Crippen molar-refractivity contribution in [1.29, 1.82) is 0 Å². The largest absolute Gasteiger partial charge is 0.381 e. The molecular formula is C17H23N3O. The summed E-state index contributed by atoms with van der Waals surface area (Å²) in [6.45, 7) is 3.75. The van der Waals surface area contributed by atoms with Gasteiger partial charge >= 0.3 is 0 Å². The minimum Gasteiger partial charge on any atom is -0.381 e. The summed E-state index contributed by atoms with van der Waals surface area (Å²) in [5.74, 6) is 1.67. The van der Waals surface area contributed by atoms with Crippen molar-refractivity contribution >= 4 is 5.69 Å². The summed E-state index contributed by atoms with van der Waals surface area (Å²) in [4.78, 5) is 6.82. The minimum atomic E-state index is 0.479. The molecule has 1 aromatic heterocycles. The number of aryl methyl sites for hydroxylation is 1. The van der Waals surface area contributed by atoms with Gasteiger partial charge < -0.3 is 14.2 Å². The lowest BCUT2D eigenvalue weighted by Gasteiger charge is -2.20. The summed E-state index contributed by atoms with van der Waals surface area (Å²) in [7, 11) is 2.15. The van der Waals surface area contributed by atoms with Gasteiger partial charge in [-0.25, -0.2) is 4.98 Å². The molecule has 0 bridgehead atoms. The molecule has 1 fully saturated rings. The van der Waals surface area contributed by atoms with E-state index >= 15 is 0 Å². The second-order valence-electron chi connectivity index (χ2n) is 5.65. The highest BCUT2D eigenvalue weighted by molar-refractivity contribution is 5.44. The average molecular weight is 285 g/mol. The first-order valence-electron chi connectivity index (χ1n) is 7.69. The van der Waals surface area contributed by atoms with Gasteiger partial charge in [0.2, 0.25) is 0 Å². The van der Waals surface area contributed by atoms with Crippen LogP contribution in [-0.4, -0.2) is 36.4 Å². The predicted molar refractivity (Wildman–Crippen MR) is 84.7 cm³/mol. The van der Waals surface area contributed by atoms with Gasteiger partial charge in [0.1, 0.15) is 5.82 Å². The fourth-order valence-electron chi connectivity index (χ4n) is 2.90. The maximum absolute atomic E-state index is 5.47. The van der Waals surface area contributed by atoms with E-state index in [1.807, 2.05) is 6.20 Å². The van der Waals surface area contributed by atoms with Gasteiger partial charge in [0, 0.05) is 50.7 Å². The molecule has 0 spiro atoms. The van der Waals surface area contributed by atoms with Gasteiger partial charge in [0.05, 0.1) is 6.61 Å². The molecule has 1 atom stereocenters. The Kier molecular flexibility index (Phi) is 4.55. The number of aromatic nitrogens is 2. The van der Waals surface area contributed by atoms with Crippen LogP contribution in [0.4, 0.5) is 5.69 Å². The van der Waals surface area contributed by atoms with E-state index < -0.39 is 0 Å². The number of hydrogen-bond donors (Lipinski definition) is 0. The van der Waals surface area contributed by atoms with Crippen molar-refractivity contribution < 1.29 is 4.74 Å². The maximum Gasteiger partial charge on any atom is 0.114 e. The van der Waals surface area contributed by atoms with Crippen LogP contribution < -0.4 is 4.90 Å². The molecule has 2 aromatic rings. The second-order valence-corrected chi connectivity index (χ2v) is 5.65. The number of nitrogens with zero attached hydrogens (tertiary/aromatic N) is 3. The lowest BCUT2D eigenvalue weighted by Crippen LogP contribution is -2.20. The molecule has 21 heavy (non-hydrogen) atoms. The Morgan fingerprint density at radius 2 is 2.19 bits per heavy atom. The van der Waals surface area contributed by atoms with Gasteiger partial charge in [-0.2, -0.15) is 0 Å². The van der Waals surface area contributed by atoms with Gasteiger partial charge in [-0.15, -0.1) is 0 Å². The first kappa shape index (κ1) is 14.1. The molecule has 3 rings (SSSR count). The second kappa shape index (κ2) is 6.76. The number of anilines is 1. The average Bonchev–Trinajstić information content (AvgIpc) is 3.18. The van der Waals surface area contributed by atoms with Crippen LogP contribution in [0.25, 0.3) is 0 Å². The summed E-state index contributed by atoms with van der Waals surface area (Å²) in [6, 6.07) is 10.5. The van der Waals surface area contributed by atoms with Crippen molar-refractivity contribution in [3.8, 4) is 0 Å². The molecule has 1 aliphatic heterocycles. The quantitative estimate of drug-likeness (QED) is 0.817. The van der Waals surface area contributed by atoms with Crippen molar-refractivity contribution in [2.24, 2.45) is 0 Å². The van der Waals surface area contributed by atoms with E-state index in [4.69, 9.17) is 4.74 Å². The van der Waals surface area contributed by atoms with Crippen molar-refractivity contribution in [3.63, 3.8) is 0 Å². The normalized spacial score (nSPS) is 18.0. The summed E-state index contributed by atoms with van der Waals surface area (Å²) in [5.41, 5.74) is 1.27. The Hall–Kier alpha value is -1.81. The van der Waals surface area contributed by atoms with Crippen LogP contribution in [0.3, 0.4) is 0 Å². The van der Waals surface area contributed by atoms with Crippen LogP contribution in [0.5, 0.6) is 0 Å². The molecule has 1 aromatic carbocycles. The number of benzene rings is 1. The summed E-state index contributed by atoms with van der Waals surface area (Å²) in [6.07, 6.45) is 6.22. The van der Waals surface area contributed by atoms with Gasteiger partial charge in [0.15, 0.2) is 0 Å². The fraction of sp³-hybridized carbons (Fsp3) is 0.471. The lowest BCUT2D eigenvalue weighted by molar-refractivity contribution is 0.192. The maximum atomic E-state index is 5.47. The third-order valence-corrected chi connectivity index (χ3v) is 4.13. The smallest absolute Gasteiger partial charge is 0.114 e. The van der Waals surface area contributed by atoms with E-state index in [9.17, 15) is 0 Å². The standard InChI is InChI=1S/C17H23N3O/c1-19(16-6-3-2-4-7-16)10-5-11-20-12-9-18-17(20)15-8-13-21-14-15/h2-4,6-7,9,12,15H,5,8,10-11,13-14H2,1H3/t15-/m1/s1. The molecule has 0 radical (unpaired) electrons. The van der Waals surface area contributed by atoms with E-state index in [1.165, 1.54) is 11.5 Å². The van der Waals surface area contributed by atoms with Crippen molar-refractivity contribution in [2.75, 3.05) is 31.7 Å². The highest BCUT2D eigenvalue weighted by Crippen LogP contribution is 2.23. The van der Waals surface area contributed by atoms with Crippen LogP contribution in [0.2, 0.25) is 0 Å². The molecule has 1 saturated heterocycles. The molecule has 0 saturated carbocycles. The minimum absolute atomic E-state index is 0.479. The molecule has 112 valence electrons. The zero-order valence-corrected chi connectivity index (χ0v) is 12.6. The highest BCUT2D eigenvalue weighted by Gasteiger charge is 2.21. The van der Waals surface area contributed by atoms with Crippen molar-refractivity contribution in [3.05, 3.63) is 48.5 Å². The molecule has 1 aliphatic rings. The van der Waals surface area contributed by atoms with Gasteiger partial charge in [0.25, 0.3) is 0 Å². The van der Waals surface area contributed by atoms with Gasteiger partial charge in [-0.1, -0.05) is 18.2 Å². The van der Waals surface area contributed by atoms with E-state index in [2.05, 4.69) is 58.0 Å². The molecule has 0 unspecified atom stereocenters. The summed E-state index contributed by atoms with van der Waals surface area (Å²) >= 11 is 0. The Morgan fingerprint density at radius 1 is 1.33 bits per heavy atom. The molecule has 2 heterocycles. The third kappa shape index (κ3) is 3.45. The summed E-state index contributed by atoms with van der Waals surface area (Å²) < 4.78 is 7.76. The Labute approximate surface area is 126 Å². The zero-order valence-electron chi connectivity index (χ0n) is 12.6. The lowest BCUT2D eigenvalue weighted by atomic mass is 10.1. The Bertz CT molecular complexity index is 546. The number of imidazole rings is 1. The van der Waals surface area contributed by atoms with E-state index in [0.717, 1.165) is 39.1 Å². The van der Waals surface area contributed by atoms with Crippen LogP contribution >= 0.6 is 0 Å². The van der Waals surface area contributed by atoms with Gasteiger partial charge in [-0.3, -0.25) is 0 Å². The monoisotopic (exact) mass is 285 g/mol. The van der Waals surface area contributed by atoms with Crippen molar-refractivity contribution in [2.45, 2.75) is 25.3 Å². The predicted octanol–water partition coefficient (Wildman–Crippen LogP) is 2.91.